The van der Waals surface area contributed by atoms with Crippen molar-refractivity contribution in [1.82, 2.24) is 9.78 Å². The van der Waals surface area contributed by atoms with Crippen molar-refractivity contribution in [3.05, 3.63) is 53.6 Å². The lowest BCUT2D eigenvalue weighted by molar-refractivity contribution is 0.630. The second-order valence-electron chi connectivity index (χ2n) is 3.49. The van der Waals surface area contributed by atoms with Crippen molar-refractivity contribution in [2.75, 3.05) is 5.32 Å². The van der Waals surface area contributed by atoms with Crippen LogP contribution in [0.15, 0.2) is 37.2 Å². The van der Waals surface area contributed by atoms with Crippen LogP contribution in [0.5, 0.6) is 0 Å². The maximum absolute atomic E-state index is 13.4. The SMILES string of the molecule is C=Cn1cc(CNc2ccc(Cl)cc2F)cn1. The molecule has 1 aromatic carbocycles. The lowest BCUT2D eigenvalue weighted by Gasteiger charge is -2.05. The fraction of sp³-hybridized carbons (Fsp3) is 0.0833. The highest BCUT2D eigenvalue weighted by molar-refractivity contribution is 6.30. The summed E-state index contributed by atoms with van der Waals surface area (Å²) in [5.41, 5.74) is 1.36. The number of rotatable bonds is 4. The average Bonchev–Trinajstić information content (AvgIpc) is 2.76. The molecule has 0 radical (unpaired) electrons. The molecule has 17 heavy (non-hydrogen) atoms. The minimum absolute atomic E-state index is 0.367. The van der Waals surface area contributed by atoms with Crippen LogP contribution in [0.1, 0.15) is 5.56 Å². The van der Waals surface area contributed by atoms with E-state index in [2.05, 4.69) is 17.0 Å². The van der Waals surface area contributed by atoms with E-state index in [4.69, 9.17) is 11.6 Å². The van der Waals surface area contributed by atoms with E-state index in [0.29, 0.717) is 17.3 Å². The summed E-state index contributed by atoms with van der Waals surface area (Å²) in [5, 5.41) is 7.38. The summed E-state index contributed by atoms with van der Waals surface area (Å²) in [6.45, 7) is 4.08. The van der Waals surface area contributed by atoms with E-state index < -0.39 is 0 Å². The van der Waals surface area contributed by atoms with Gasteiger partial charge in [0, 0.05) is 29.5 Å². The molecule has 0 aliphatic heterocycles. The molecule has 2 rings (SSSR count). The molecule has 1 heterocycles. The topological polar surface area (TPSA) is 29.9 Å². The third kappa shape index (κ3) is 2.85. The van der Waals surface area contributed by atoms with E-state index in [1.54, 1.807) is 29.2 Å². The highest BCUT2D eigenvalue weighted by Crippen LogP contribution is 2.19. The number of nitrogens with one attached hydrogen (secondary N) is 1. The second kappa shape index (κ2) is 5.01. The molecule has 0 aliphatic carbocycles. The van der Waals surface area contributed by atoms with Crippen LogP contribution in [0.4, 0.5) is 10.1 Å². The molecule has 0 spiro atoms. The Morgan fingerprint density at radius 1 is 1.53 bits per heavy atom. The Hall–Kier alpha value is -1.81. The van der Waals surface area contributed by atoms with Crippen molar-refractivity contribution in [2.24, 2.45) is 0 Å². The van der Waals surface area contributed by atoms with E-state index in [1.165, 1.54) is 6.07 Å². The molecule has 0 atom stereocenters. The maximum atomic E-state index is 13.4. The van der Waals surface area contributed by atoms with Crippen molar-refractivity contribution >= 4 is 23.5 Å². The summed E-state index contributed by atoms with van der Waals surface area (Å²) >= 11 is 5.66. The first kappa shape index (κ1) is 11.7. The first-order chi connectivity index (χ1) is 8.19. The number of nitrogens with zero attached hydrogens (tertiary/aromatic N) is 2. The summed E-state index contributed by atoms with van der Waals surface area (Å²) in [4.78, 5) is 0. The number of benzene rings is 1. The molecule has 3 nitrogen and oxygen atoms in total. The van der Waals surface area contributed by atoms with E-state index in [0.717, 1.165) is 5.56 Å². The first-order valence-corrected chi connectivity index (χ1v) is 5.41. The molecule has 5 heteroatoms. The summed E-state index contributed by atoms with van der Waals surface area (Å²) in [6, 6.07) is 4.52. The highest BCUT2D eigenvalue weighted by atomic mass is 35.5. The summed E-state index contributed by atoms with van der Waals surface area (Å²) in [7, 11) is 0. The van der Waals surface area contributed by atoms with Crippen LogP contribution in [-0.2, 0) is 6.54 Å². The van der Waals surface area contributed by atoms with Crippen LogP contribution in [0.3, 0.4) is 0 Å². The molecule has 1 N–H and O–H groups in total. The van der Waals surface area contributed by atoms with E-state index >= 15 is 0 Å². The molecule has 0 fully saturated rings. The predicted molar refractivity (Wildman–Crippen MR) is 67.4 cm³/mol. The van der Waals surface area contributed by atoms with Gasteiger partial charge in [-0.1, -0.05) is 18.2 Å². The van der Waals surface area contributed by atoms with Crippen molar-refractivity contribution in [1.29, 1.82) is 0 Å². The van der Waals surface area contributed by atoms with Crippen molar-refractivity contribution < 1.29 is 4.39 Å². The van der Waals surface area contributed by atoms with Crippen molar-refractivity contribution in [2.45, 2.75) is 6.54 Å². The summed E-state index contributed by atoms with van der Waals surface area (Å²) in [5.74, 6) is -0.367. The van der Waals surface area contributed by atoms with Crippen LogP contribution >= 0.6 is 11.6 Å². The van der Waals surface area contributed by atoms with Gasteiger partial charge in [-0.05, 0) is 18.2 Å². The zero-order valence-corrected chi connectivity index (χ0v) is 9.78. The quantitative estimate of drug-likeness (QED) is 0.903. The molecular formula is C12H11ClFN3. The highest BCUT2D eigenvalue weighted by Gasteiger charge is 2.03. The Bertz CT molecular complexity index is 536. The van der Waals surface area contributed by atoms with Gasteiger partial charge in [0.25, 0.3) is 0 Å². The molecule has 0 aliphatic rings. The minimum atomic E-state index is -0.367. The van der Waals surface area contributed by atoms with Crippen LogP contribution in [-0.4, -0.2) is 9.78 Å². The minimum Gasteiger partial charge on any atom is -0.378 e. The van der Waals surface area contributed by atoms with Crippen molar-refractivity contribution in [3.8, 4) is 0 Å². The van der Waals surface area contributed by atoms with Gasteiger partial charge < -0.3 is 5.32 Å². The third-order valence-corrected chi connectivity index (χ3v) is 2.49. The Balaban J connectivity index is 2.04. The van der Waals surface area contributed by atoms with Gasteiger partial charge in [0.2, 0.25) is 0 Å². The van der Waals surface area contributed by atoms with Crippen LogP contribution < -0.4 is 5.32 Å². The standard InChI is InChI=1S/C12H11ClFN3/c1-2-17-8-9(7-16-17)6-15-12-4-3-10(13)5-11(12)14/h2-5,7-8,15H,1,6H2. The third-order valence-electron chi connectivity index (χ3n) is 2.26. The van der Waals surface area contributed by atoms with Gasteiger partial charge in [0.05, 0.1) is 11.9 Å². The molecule has 88 valence electrons. The van der Waals surface area contributed by atoms with Gasteiger partial charge in [-0.25, -0.2) is 9.07 Å². The lowest BCUT2D eigenvalue weighted by Crippen LogP contribution is -2.00. The zero-order chi connectivity index (χ0) is 12.3. The number of halogens is 2. The van der Waals surface area contributed by atoms with Gasteiger partial charge in [-0.2, -0.15) is 5.10 Å². The molecule has 0 saturated carbocycles. The molecule has 0 amide bonds. The first-order valence-electron chi connectivity index (χ1n) is 5.03. The van der Waals surface area contributed by atoms with Crippen LogP contribution in [0.25, 0.3) is 6.20 Å². The number of anilines is 1. The summed E-state index contributed by atoms with van der Waals surface area (Å²) in [6.07, 6.45) is 5.10. The smallest absolute Gasteiger partial charge is 0.147 e. The molecular weight excluding hydrogens is 241 g/mol. The average molecular weight is 252 g/mol. The molecule has 0 bridgehead atoms. The van der Waals surface area contributed by atoms with Gasteiger partial charge in [-0.3, -0.25) is 0 Å². The van der Waals surface area contributed by atoms with E-state index in [9.17, 15) is 4.39 Å². The molecule has 2 aromatic rings. The lowest BCUT2D eigenvalue weighted by atomic mass is 10.3. The van der Waals surface area contributed by atoms with Crippen LogP contribution in [0, 0.1) is 5.82 Å². The predicted octanol–water partition coefficient (Wildman–Crippen LogP) is 3.39. The van der Waals surface area contributed by atoms with Gasteiger partial charge in [0.1, 0.15) is 5.82 Å². The molecule has 0 unspecified atom stereocenters. The van der Waals surface area contributed by atoms with E-state index in [-0.39, 0.29) is 5.82 Å². The zero-order valence-electron chi connectivity index (χ0n) is 9.03. The fourth-order valence-corrected chi connectivity index (χ4v) is 1.56. The van der Waals surface area contributed by atoms with Gasteiger partial charge in [-0.15, -0.1) is 0 Å². The molecule has 1 aromatic heterocycles. The maximum Gasteiger partial charge on any atom is 0.147 e. The monoisotopic (exact) mass is 251 g/mol. The number of hydrogen-bond acceptors (Lipinski definition) is 2. The Morgan fingerprint density at radius 2 is 2.35 bits per heavy atom. The van der Waals surface area contributed by atoms with Crippen molar-refractivity contribution in [3.63, 3.8) is 0 Å². The fourth-order valence-electron chi connectivity index (χ4n) is 1.40. The Morgan fingerprint density at radius 3 is 3.00 bits per heavy atom. The van der Waals surface area contributed by atoms with E-state index in [1.807, 2.05) is 6.20 Å². The largest absolute Gasteiger partial charge is 0.378 e. The van der Waals surface area contributed by atoms with Gasteiger partial charge >= 0.3 is 0 Å². The number of hydrogen-bond donors (Lipinski definition) is 1. The normalized spacial score (nSPS) is 10.2. The van der Waals surface area contributed by atoms with Gasteiger partial charge in [0.15, 0.2) is 0 Å². The van der Waals surface area contributed by atoms with Crippen LogP contribution in [0.2, 0.25) is 5.02 Å². The Kier molecular flexibility index (Phi) is 3.44. The Labute approximate surface area is 104 Å². The number of aromatic nitrogens is 2. The molecule has 0 saturated heterocycles. The summed E-state index contributed by atoms with van der Waals surface area (Å²) < 4.78 is 15.0. The second-order valence-corrected chi connectivity index (χ2v) is 3.93.